The Hall–Kier alpha value is -2.70. The van der Waals surface area contributed by atoms with Gasteiger partial charge in [0.1, 0.15) is 0 Å². The van der Waals surface area contributed by atoms with Gasteiger partial charge in [0.25, 0.3) is 5.69 Å². The number of nitro benzene ring substituents is 1. The lowest BCUT2D eigenvalue weighted by Crippen LogP contribution is -2.16. The van der Waals surface area contributed by atoms with Gasteiger partial charge in [-0.1, -0.05) is 6.07 Å². The largest absolute Gasteiger partial charge is 0.325 e. The van der Waals surface area contributed by atoms with Crippen LogP contribution in [-0.2, 0) is 18.3 Å². The fourth-order valence-electron chi connectivity index (χ4n) is 2.38. The quantitative estimate of drug-likeness (QED) is 0.693. The summed E-state index contributed by atoms with van der Waals surface area (Å²) in [6.07, 6.45) is 0.188. The fourth-order valence-corrected chi connectivity index (χ4v) is 2.38. The van der Waals surface area contributed by atoms with Gasteiger partial charge in [-0.2, -0.15) is 5.10 Å². The number of anilines is 1. The zero-order valence-electron chi connectivity index (χ0n) is 13.0. The van der Waals surface area contributed by atoms with Crippen LogP contribution < -0.4 is 5.32 Å². The lowest BCUT2D eigenvalue weighted by Gasteiger charge is -2.09. The molecule has 0 saturated heterocycles. The minimum Gasteiger partial charge on any atom is -0.325 e. The second kappa shape index (κ2) is 5.97. The predicted molar refractivity (Wildman–Crippen MR) is 82.8 cm³/mol. The SMILES string of the molecule is Cc1nn(C)c(C)c1CC(=O)Nc1cccc([N+](=O)[O-])c1C. The molecular formula is C15H18N4O3. The Morgan fingerprint density at radius 1 is 1.36 bits per heavy atom. The number of nitrogens with zero attached hydrogens (tertiary/aromatic N) is 3. The lowest BCUT2D eigenvalue weighted by molar-refractivity contribution is -0.385. The number of aryl methyl sites for hydroxylation is 2. The molecule has 7 nitrogen and oxygen atoms in total. The molecule has 2 aromatic rings. The molecule has 22 heavy (non-hydrogen) atoms. The Bertz CT molecular complexity index is 749. The van der Waals surface area contributed by atoms with E-state index in [9.17, 15) is 14.9 Å². The molecule has 1 heterocycles. The molecule has 2 rings (SSSR count). The van der Waals surface area contributed by atoms with E-state index in [1.807, 2.05) is 20.9 Å². The number of benzene rings is 1. The van der Waals surface area contributed by atoms with Crippen molar-refractivity contribution in [3.05, 3.63) is 50.8 Å². The highest BCUT2D eigenvalue weighted by atomic mass is 16.6. The monoisotopic (exact) mass is 302 g/mol. The third-order valence-electron chi connectivity index (χ3n) is 3.77. The summed E-state index contributed by atoms with van der Waals surface area (Å²) in [5.74, 6) is -0.220. The van der Waals surface area contributed by atoms with Gasteiger partial charge in [0, 0.05) is 24.4 Å². The van der Waals surface area contributed by atoms with Crippen molar-refractivity contribution in [1.29, 1.82) is 0 Å². The van der Waals surface area contributed by atoms with Crippen LogP contribution in [0.2, 0.25) is 0 Å². The normalized spacial score (nSPS) is 10.5. The molecule has 0 atom stereocenters. The van der Waals surface area contributed by atoms with Crippen molar-refractivity contribution >= 4 is 17.3 Å². The van der Waals surface area contributed by atoms with E-state index in [0.29, 0.717) is 11.3 Å². The Balaban J connectivity index is 2.20. The van der Waals surface area contributed by atoms with Crippen molar-refractivity contribution in [2.24, 2.45) is 7.05 Å². The molecule has 0 radical (unpaired) electrons. The van der Waals surface area contributed by atoms with E-state index in [0.717, 1.165) is 17.0 Å². The minimum atomic E-state index is -0.458. The summed E-state index contributed by atoms with van der Waals surface area (Å²) in [6, 6.07) is 4.63. The Morgan fingerprint density at radius 2 is 2.05 bits per heavy atom. The number of carbonyl (C=O) groups excluding carboxylic acids is 1. The fraction of sp³-hybridized carbons (Fsp3) is 0.333. The molecule has 1 N–H and O–H groups in total. The number of amides is 1. The van der Waals surface area contributed by atoms with Gasteiger partial charge in [0.2, 0.25) is 5.91 Å². The Kier molecular flexibility index (Phi) is 4.25. The molecule has 0 saturated carbocycles. The van der Waals surface area contributed by atoms with Gasteiger partial charge in [-0.15, -0.1) is 0 Å². The number of hydrogen-bond acceptors (Lipinski definition) is 4. The second-order valence-electron chi connectivity index (χ2n) is 5.20. The van der Waals surface area contributed by atoms with Crippen molar-refractivity contribution in [3.63, 3.8) is 0 Å². The summed E-state index contributed by atoms with van der Waals surface area (Å²) in [5, 5.41) is 17.9. The van der Waals surface area contributed by atoms with Crippen LogP contribution in [0, 0.1) is 30.9 Å². The Labute approximate surface area is 128 Å². The van der Waals surface area contributed by atoms with E-state index in [1.165, 1.54) is 6.07 Å². The maximum atomic E-state index is 12.2. The first-order valence-corrected chi connectivity index (χ1v) is 6.84. The number of hydrogen-bond donors (Lipinski definition) is 1. The molecular weight excluding hydrogens is 284 g/mol. The van der Waals surface area contributed by atoms with Gasteiger partial charge < -0.3 is 5.32 Å². The van der Waals surface area contributed by atoms with Gasteiger partial charge in [-0.3, -0.25) is 19.6 Å². The molecule has 0 aliphatic rings. The number of carbonyl (C=O) groups is 1. The van der Waals surface area contributed by atoms with Crippen molar-refractivity contribution in [1.82, 2.24) is 9.78 Å². The average Bonchev–Trinajstić information content (AvgIpc) is 2.67. The van der Waals surface area contributed by atoms with Crippen LogP contribution in [0.3, 0.4) is 0 Å². The van der Waals surface area contributed by atoms with Gasteiger partial charge >= 0.3 is 0 Å². The standard InChI is InChI=1S/C15H18N4O3/c1-9-13(6-5-7-14(9)19(21)22)16-15(20)8-12-10(2)17-18(4)11(12)3/h5-7H,8H2,1-4H3,(H,16,20). The summed E-state index contributed by atoms with van der Waals surface area (Å²) in [7, 11) is 1.83. The maximum Gasteiger partial charge on any atom is 0.274 e. The first-order valence-electron chi connectivity index (χ1n) is 6.84. The van der Waals surface area contributed by atoms with Gasteiger partial charge in [0.05, 0.1) is 28.3 Å². The molecule has 0 unspecified atom stereocenters. The topological polar surface area (TPSA) is 90.1 Å². The van der Waals surface area contributed by atoms with Crippen LogP contribution in [0.4, 0.5) is 11.4 Å². The molecule has 0 aliphatic heterocycles. The molecule has 1 aromatic heterocycles. The molecule has 116 valence electrons. The summed E-state index contributed by atoms with van der Waals surface area (Å²) in [5.41, 5.74) is 3.52. The first-order chi connectivity index (χ1) is 10.3. The van der Waals surface area contributed by atoms with Crippen molar-refractivity contribution in [2.45, 2.75) is 27.2 Å². The first kappa shape index (κ1) is 15.7. The minimum absolute atomic E-state index is 0.00783. The van der Waals surface area contributed by atoms with Crippen LogP contribution in [0.5, 0.6) is 0 Å². The second-order valence-corrected chi connectivity index (χ2v) is 5.20. The predicted octanol–water partition coefficient (Wildman–Crippen LogP) is 2.43. The summed E-state index contributed by atoms with van der Waals surface area (Å²) in [6.45, 7) is 5.38. The van der Waals surface area contributed by atoms with E-state index < -0.39 is 4.92 Å². The van der Waals surface area contributed by atoms with Gasteiger partial charge in [-0.25, -0.2) is 0 Å². The summed E-state index contributed by atoms with van der Waals surface area (Å²) in [4.78, 5) is 22.7. The van der Waals surface area contributed by atoms with Gasteiger partial charge in [0.15, 0.2) is 0 Å². The van der Waals surface area contributed by atoms with E-state index in [1.54, 1.807) is 23.7 Å². The molecule has 0 fully saturated rings. The molecule has 0 aliphatic carbocycles. The number of rotatable bonds is 4. The van der Waals surface area contributed by atoms with Crippen LogP contribution in [-0.4, -0.2) is 20.6 Å². The zero-order valence-corrected chi connectivity index (χ0v) is 13.0. The smallest absolute Gasteiger partial charge is 0.274 e. The third kappa shape index (κ3) is 2.98. The summed E-state index contributed by atoms with van der Waals surface area (Å²) < 4.78 is 1.73. The van der Waals surface area contributed by atoms with Crippen molar-refractivity contribution in [3.8, 4) is 0 Å². The Morgan fingerprint density at radius 3 is 2.59 bits per heavy atom. The van der Waals surface area contributed by atoms with Crippen molar-refractivity contribution < 1.29 is 9.72 Å². The average molecular weight is 302 g/mol. The number of nitrogens with one attached hydrogen (secondary N) is 1. The third-order valence-corrected chi connectivity index (χ3v) is 3.77. The molecule has 0 spiro atoms. The molecule has 0 bridgehead atoms. The molecule has 1 amide bonds. The van der Waals surface area contributed by atoms with Crippen LogP contribution in [0.25, 0.3) is 0 Å². The van der Waals surface area contributed by atoms with Crippen LogP contribution >= 0.6 is 0 Å². The highest BCUT2D eigenvalue weighted by Crippen LogP contribution is 2.25. The lowest BCUT2D eigenvalue weighted by atomic mass is 10.1. The highest BCUT2D eigenvalue weighted by molar-refractivity contribution is 5.93. The number of nitro groups is 1. The van der Waals surface area contributed by atoms with E-state index in [4.69, 9.17) is 0 Å². The van der Waals surface area contributed by atoms with Crippen LogP contribution in [0.15, 0.2) is 18.2 Å². The molecule has 7 heteroatoms. The van der Waals surface area contributed by atoms with Gasteiger partial charge in [-0.05, 0) is 26.8 Å². The van der Waals surface area contributed by atoms with Crippen molar-refractivity contribution in [2.75, 3.05) is 5.32 Å². The van der Waals surface area contributed by atoms with Crippen LogP contribution in [0.1, 0.15) is 22.5 Å². The highest BCUT2D eigenvalue weighted by Gasteiger charge is 2.17. The molecule has 1 aromatic carbocycles. The zero-order chi connectivity index (χ0) is 16.4. The van der Waals surface area contributed by atoms with E-state index >= 15 is 0 Å². The number of aromatic nitrogens is 2. The van der Waals surface area contributed by atoms with E-state index in [-0.39, 0.29) is 18.0 Å². The summed E-state index contributed by atoms with van der Waals surface area (Å²) >= 11 is 0. The maximum absolute atomic E-state index is 12.2. The van der Waals surface area contributed by atoms with E-state index in [2.05, 4.69) is 10.4 Å².